The molecule has 4 aromatic rings. The molecule has 1 aliphatic heterocycles. The molecule has 0 unspecified atom stereocenters. The number of morpholine rings is 1. The van der Waals surface area contributed by atoms with Gasteiger partial charge in [0.2, 0.25) is 6.73 Å². The van der Waals surface area contributed by atoms with Crippen LogP contribution < -0.4 is 14.6 Å². The summed E-state index contributed by atoms with van der Waals surface area (Å²) in [5.41, 5.74) is 2.60. The zero-order valence-corrected chi connectivity index (χ0v) is 19.4. The van der Waals surface area contributed by atoms with Crippen molar-refractivity contribution in [3.63, 3.8) is 0 Å². The molecular weight excluding hydrogens is 446 g/mol. The number of nitrogens with zero attached hydrogens (tertiary/aromatic N) is 1. The number of para-hydroxylation sites is 1. The number of hydrogen-bond acceptors (Lipinski definition) is 6. The summed E-state index contributed by atoms with van der Waals surface area (Å²) >= 11 is 0. The average Bonchev–Trinajstić information content (AvgIpc) is 2.92. The number of benzene rings is 3. The van der Waals surface area contributed by atoms with E-state index in [4.69, 9.17) is 18.6 Å². The first-order valence-corrected chi connectivity index (χ1v) is 11.5. The van der Waals surface area contributed by atoms with E-state index in [-0.39, 0.29) is 16.6 Å². The Morgan fingerprint density at radius 1 is 0.943 bits per heavy atom. The van der Waals surface area contributed by atoms with Crippen molar-refractivity contribution in [1.29, 1.82) is 0 Å². The highest BCUT2D eigenvalue weighted by molar-refractivity contribution is 5.92. The molecule has 0 radical (unpaired) electrons. The van der Waals surface area contributed by atoms with E-state index >= 15 is 0 Å². The topological polar surface area (TPSA) is 75.0 Å². The van der Waals surface area contributed by atoms with Gasteiger partial charge < -0.3 is 18.6 Å². The van der Waals surface area contributed by atoms with Crippen molar-refractivity contribution in [3.05, 3.63) is 94.6 Å². The monoisotopic (exact) mass is 472 g/mol. The minimum Gasteiger partial charge on any atom is -0.497 e. The van der Waals surface area contributed by atoms with Gasteiger partial charge in [-0.1, -0.05) is 42.5 Å². The van der Waals surface area contributed by atoms with Crippen LogP contribution in [0.4, 0.5) is 5.88 Å². The van der Waals surface area contributed by atoms with Gasteiger partial charge >= 0.3 is 11.9 Å². The Balaban J connectivity index is 1.52. The molecule has 0 spiro atoms. The normalized spacial score (nSPS) is 15.0. The maximum atomic E-state index is 13.2. The molecule has 7 nitrogen and oxygen atoms in total. The zero-order valence-electron chi connectivity index (χ0n) is 19.4. The largest absolute Gasteiger partial charge is 0.497 e. The van der Waals surface area contributed by atoms with E-state index in [0.717, 1.165) is 11.1 Å². The first-order chi connectivity index (χ1) is 17.1. The predicted octanol–water partition coefficient (Wildman–Crippen LogP) is 4.62. The third-order valence-corrected chi connectivity index (χ3v) is 6.39. The van der Waals surface area contributed by atoms with Crippen LogP contribution in [0.15, 0.2) is 88.1 Å². The number of carbonyl (C=O) groups is 1. The molecule has 0 bridgehead atoms. The highest BCUT2D eigenvalue weighted by Gasteiger charge is 2.38. The van der Waals surface area contributed by atoms with Gasteiger partial charge in [0.15, 0.2) is 11.0 Å². The Labute approximate surface area is 202 Å². The van der Waals surface area contributed by atoms with E-state index < -0.39 is 5.97 Å². The predicted molar refractivity (Wildman–Crippen MR) is 134 cm³/mol. The fourth-order valence-corrected chi connectivity index (χ4v) is 4.34. The Morgan fingerprint density at radius 2 is 1.69 bits per heavy atom. The number of fused-ring (bicyclic) bond motifs is 1. The molecule has 0 saturated carbocycles. The van der Waals surface area contributed by atoms with Crippen molar-refractivity contribution >= 4 is 22.8 Å². The molecule has 5 rings (SSSR count). The van der Waals surface area contributed by atoms with Gasteiger partial charge in [-0.05, 0) is 35.9 Å². The summed E-state index contributed by atoms with van der Waals surface area (Å²) in [6.07, 6.45) is 0. The lowest BCUT2D eigenvalue weighted by atomic mass is 10.0. The fraction of sp³-hybridized carbons (Fsp3) is 0.214. The van der Waals surface area contributed by atoms with Gasteiger partial charge in [-0.3, -0.25) is 4.79 Å². The first kappa shape index (κ1) is 22.8. The third kappa shape index (κ3) is 4.56. The maximum Gasteiger partial charge on any atom is 0.342 e. The number of methoxy groups -OCH3 is 1. The Morgan fingerprint density at radius 3 is 2.40 bits per heavy atom. The lowest BCUT2D eigenvalue weighted by Gasteiger charge is -2.37. The molecule has 1 aliphatic rings. The first-order valence-electron chi connectivity index (χ1n) is 11.5. The van der Waals surface area contributed by atoms with E-state index in [0.29, 0.717) is 54.5 Å². The maximum absolute atomic E-state index is 13.2. The number of ether oxygens (including phenoxy) is 3. The number of rotatable bonds is 6. The molecule has 35 heavy (non-hydrogen) atoms. The van der Waals surface area contributed by atoms with E-state index in [1.54, 1.807) is 37.4 Å². The molecule has 1 aromatic heterocycles. The van der Waals surface area contributed by atoms with Gasteiger partial charge in [-0.15, -0.1) is 0 Å². The van der Waals surface area contributed by atoms with Crippen LogP contribution in [0, 0.1) is 0 Å². The average molecular weight is 473 g/mol. The number of hydrogen-bond donors (Lipinski definition) is 0. The van der Waals surface area contributed by atoms with Crippen LogP contribution in [0.2, 0.25) is 0 Å². The second kappa shape index (κ2) is 9.74. The second-order valence-corrected chi connectivity index (χ2v) is 8.49. The van der Waals surface area contributed by atoms with E-state index in [2.05, 4.69) is 0 Å². The van der Waals surface area contributed by atoms with Gasteiger partial charge in [-0.2, -0.15) is 0 Å². The molecule has 0 amide bonds. The van der Waals surface area contributed by atoms with Crippen molar-refractivity contribution in [1.82, 2.24) is 4.48 Å². The van der Waals surface area contributed by atoms with E-state index in [1.807, 2.05) is 42.5 Å². The van der Waals surface area contributed by atoms with E-state index in [9.17, 15) is 9.59 Å². The standard InChI is InChI=1S/C28H26NO6/c1-32-22-12-10-21(11-13-22)28(31)34-19-29(14-16-33-17-15-29)26-18-25(30)24-9-5-8-23(27(24)35-26)20-6-3-2-4-7-20/h2-13,18H,14-17,19H2,1H3/q+1. The van der Waals surface area contributed by atoms with E-state index in [1.165, 1.54) is 6.07 Å². The summed E-state index contributed by atoms with van der Waals surface area (Å²) in [6, 6.07) is 23.6. The van der Waals surface area contributed by atoms with Crippen molar-refractivity contribution in [2.45, 2.75) is 0 Å². The minimum atomic E-state index is -0.454. The summed E-state index contributed by atoms with van der Waals surface area (Å²) < 4.78 is 23.1. The SMILES string of the molecule is COc1ccc(C(=O)OC[N+]2(c3cc(=O)c4cccc(-c5ccccc5)c4o3)CCOCC2)cc1. The summed E-state index contributed by atoms with van der Waals surface area (Å²) in [7, 11) is 1.57. The van der Waals surface area contributed by atoms with Crippen molar-refractivity contribution in [3.8, 4) is 16.9 Å². The molecule has 1 fully saturated rings. The summed E-state index contributed by atoms with van der Waals surface area (Å²) in [5.74, 6) is 0.659. The third-order valence-electron chi connectivity index (χ3n) is 6.39. The van der Waals surface area contributed by atoms with Crippen LogP contribution in [0.1, 0.15) is 10.4 Å². The Hall–Kier alpha value is -3.94. The second-order valence-electron chi connectivity index (χ2n) is 8.49. The van der Waals surface area contributed by atoms with Crippen LogP contribution in [0.25, 0.3) is 22.1 Å². The van der Waals surface area contributed by atoms with Crippen LogP contribution in [-0.4, -0.2) is 46.1 Å². The number of esters is 1. The molecule has 0 N–H and O–H groups in total. The zero-order chi connectivity index (χ0) is 24.3. The van der Waals surface area contributed by atoms with Gasteiger partial charge in [0, 0.05) is 5.56 Å². The van der Waals surface area contributed by atoms with Crippen molar-refractivity contribution < 1.29 is 23.4 Å². The molecule has 0 atom stereocenters. The van der Waals surface area contributed by atoms with Gasteiger partial charge in [0.1, 0.15) is 18.8 Å². The smallest absolute Gasteiger partial charge is 0.342 e. The molecule has 2 heterocycles. The van der Waals surface area contributed by atoms with Gasteiger partial charge in [0.25, 0.3) is 0 Å². The summed E-state index contributed by atoms with van der Waals surface area (Å²) in [5, 5.41) is 0.511. The lowest BCUT2D eigenvalue weighted by Crippen LogP contribution is -2.58. The number of carbonyl (C=O) groups excluding carboxylic acids is 1. The van der Waals surface area contributed by atoms with Gasteiger partial charge in [-0.25, -0.2) is 9.28 Å². The van der Waals surface area contributed by atoms with Crippen LogP contribution in [-0.2, 0) is 9.47 Å². The van der Waals surface area contributed by atoms with Gasteiger partial charge in [0.05, 0.1) is 37.3 Å². The highest BCUT2D eigenvalue weighted by Crippen LogP contribution is 2.33. The van der Waals surface area contributed by atoms with Crippen molar-refractivity contribution in [2.24, 2.45) is 0 Å². The highest BCUT2D eigenvalue weighted by atomic mass is 16.6. The van der Waals surface area contributed by atoms with Crippen LogP contribution >= 0.6 is 0 Å². The summed E-state index contributed by atoms with van der Waals surface area (Å²) in [6.45, 7) is 1.97. The fourth-order valence-electron chi connectivity index (χ4n) is 4.34. The number of quaternary nitrogens is 1. The van der Waals surface area contributed by atoms with Crippen LogP contribution in [0.5, 0.6) is 5.75 Å². The minimum absolute atomic E-state index is 0.0240. The molecular formula is C28H26NO6+. The molecule has 7 heteroatoms. The Bertz CT molecular complexity index is 1390. The van der Waals surface area contributed by atoms with Crippen molar-refractivity contribution in [2.75, 3.05) is 40.1 Å². The molecule has 0 aliphatic carbocycles. The summed E-state index contributed by atoms with van der Waals surface area (Å²) in [4.78, 5) is 25.9. The Kier molecular flexibility index (Phi) is 6.35. The molecule has 178 valence electrons. The quantitative estimate of drug-likeness (QED) is 0.301. The van der Waals surface area contributed by atoms with Crippen LogP contribution in [0.3, 0.4) is 0 Å². The lowest BCUT2D eigenvalue weighted by molar-refractivity contribution is -0.0242. The molecule has 3 aromatic carbocycles. The molecule has 1 saturated heterocycles.